The van der Waals surface area contributed by atoms with Crippen molar-refractivity contribution in [2.75, 3.05) is 18.6 Å². The highest BCUT2D eigenvalue weighted by Crippen LogP contribution is 2.36. The van der Waals surface area contributed by atoms with Crippen LogP contribution in [0.4, 0.5) is 18.9 Å². The largest absolute Gasteiger partial charge is 0.573 e. The minimum Gasteiger partial charge on any atom is -0.491 e. The molecule has 3 rings (SSSR count). The Kier molecular flexibility index (Phi) is 9.16. The topological polar surface area (TPSA) is 65.1 Å². The minimum absolute atomic E-state index is 0.139. The third-order valence-electron chi connectivity index (χ3n) is 5.32. The second kappa shape index (κ2) is 12.3. The molecule has 0 unspecified atom stereocenters. The number of nitrogens with zero attached hydrogens (tertiary/aromatic N) is 1. The number of hydrogen-bond acceptors (Lipinski definition) is 5. The van der Waals surface area contributed by atoms with Crippen LogP contribution in [0.25, 0.3) is 11.1 Å². The summed E-state index contributed by atoms with van der Waals surface area (Å²) in [5.74, 6) is -1.76. The Morgan fingerprint density at radius 2 is 1.57 bits per heavy atom. The molecule has 37 heavy (non-hydrogen) atoms. The number of carbonyl (C=O) groups excluding carboxylic acids is 2. The van der Waals surface area contributed by atoms with E-state index in [4.69, 9.17) is 4.74 Å². The minimum atomic E-state index is -4.82. The van der Waals surface area contributed by atoms with Gasteiger partial charge in [-0.15, -0.1) is 13.2 Å². The molecule has 0 saturated heterocycles. The zero-order valence-electron chi connectivity index (χ0n) is 20.7. The third-order valence-corrected chi connectivity index (χ3v) is 5.32. The molecule has 3 aromatic rings. The molecule has 9 heteroatoms. The number of anilines is 1. The SMILES string of the molecule is COC(=O)C(=O)N(CCCc1ccccc1)c1ccc(OC(C)C)cc1-c1ccc(OC(F)(F)F)cc1. The molecule has 0 aliphatic rings. The Morgan fingerprint density at radius 3 is 2.16 bits per heavy atom. The second-order valence-corrected chi connectivity index (χ2v) is 8.46. The smallest absolute Gasteiger partial charge is 0.491 e. The number of hydrogen-bond donors (Lipinski definition) is 0. The van der Waals surface area contributed by atoms with Gasteiger partial charge in [0.05, 0.1) is 18.9 Å². The van der Waals surface area contributed by atoms with Gasteiger partial charge in [-0.1, -0.05) is 42.5 Å². The number of carbonyl (C=O) groups is 2. The average Bonchev–Trinajstić information content (AvgIpc) is 2.86. The Labute approximate surface area is 213 Å². The van der Waals surface area contributed by atoms with Crippen LogP contribution in [0.3, 0.4) is 0 Å². The van der Waals surface area contributed by atoms with Gasteiger partial charge in [0.25, 0.3) is 0 Å². The van der Waals surface area contributed by atoms with Crippen LogP contribution < -0.4 is 14.4 Å². The lowest BCUT2D eigenvalue weighted by Crippen LogP contribution is -2.38. The van der Waals surface area contributed by atoms with Crippen LogP contribution in [-0.2, 0) is 20.7 Å². The van der Waals surface area contributed by atoms with Gasteiger partial charge in [-0.05, 0) is 68.1 Å². The Hall–Kier alpha value is -4.01. The second-order valence-electron chi connectivity index (χ2n) is 8.46. The number of esters is 1. The molecule has 6 nitrogen and oxygen atoms in total. The van der Waals surface area contributed by atoms with Gasteiger partial charge in [0.15, 0.2) is 0 Å². The molecule has 0 aromatic heterocycles. The van der Waals surface area contributed by atoms with Gasteiger partial charge in [-0.2, -0.15) is 0 Å². The summed E-state index contributed by atoms with van der Waals surface area (Å²) in [5.41, 5.74) is 2.47. The lowest BCUT2D eigenvalue weighted by molar-refractivity contribution is -0.274. The summed E-state index contributed by atoms with van der Waals surface area (Å²) in [6.07, 6.45) is -3.74. The monoisotopic (exact) mass is 515 g/mol. The number of ether oxygens (including phenoxy) is 3. The first kappa shape index (κ1) is 27.6. The fourth-order valence-corrected chi connectivity index (χ4v) is 3.78. The van der Waals surface area contributed by atoms with Crippen LogP contribution in [0.1, 0.15) is 25.8 Å². The van der Waals surface area contributed by atoms with E-state index in [9.17, 15) is 22.8 Å². The zero-order valence-corrected chi connectivity index (χ0v) is 20.7. The van der Waals surface area contributed by atoms with E-state index < -0.39 is 18.2 Å². The van der Waals surface area contributed by atoms with Crippen molar-refractivity contribution >= 4 is 17.6 Å². The summed E-state index contributed by atoms with van der Waals surface area (Å²) < 4.78 is 52.3. The van der Waals surface area contributed by atoms with E-state index in [1.807, 2.05) is 44.2 Å². The number of alkyl halides is 3. The molecule has 0 saturated carbocycles. The molecule has 0 N–H and O–H groups in total. The summed E-state index contributed by atoms with van der Waals surface area (Å²) in [6, 6.07) is 20.0. The summed E-state index contributed by atoms with van der Waals surface area (Å²) in [5, 5.41) is 0. The lowest BCUT2D eigenvalue weighted by Gasteiger charge is -2.25. The molecular formula is C28H28F3NO5. The van der Waals surface area contributed by atoms with Crippen LogP contribution in [0.2, 0.25) is 0 Å². The summed E-state index contributed by atoms with van der Waals surface area (Å²) in [6.45, 7) is 3.91. The fraction of sp³-hybridized carbons (Fsp3) is 0.286. The maximum Gasteiger partial charge on any atom is 0.573 e. The highest BCUT2D eigenvalue weighted by atomic mass is 19.4. The van der Waals surface area contributed by atoms with Gasteiger partial charge < -0.3 is 19.1 Å². The van der Waals surface area contributed by atoms with E-state index in [-0.39, 0.29) is 18.4 Å². The van der Waals surface area contributed by atoms with Crippen molar-refractivity contribution in [1.82, 2.24) is 0 Å². The first-order chi connectivity index (χ1) is 17.6. The Balaban J connectivity index is 2.00. The van der Waals surface area contributed by atoms with Crippen molar-refractivity contribution < 1.29 is 37.0 Å². The van der Waals surface area contributed by atoms with Crippen molar-refractivity contribution in [2.45, 2.75) is 39.2 Å². The average molecular weight is 516 g/mol. The van der Waals surface area contributed by atoms with Crippen LogP contribution >= 0.6 is 0 Å². The maximum absolute atomic E-state index is 13.0. The summed E-state index contributed by atoms with van der Waals surface area (Å²) in [7, 11) is 1.13. The van der Waals surface area contributed by atoms with E-state index in [1.54, 1.807) is 18.2 Å². The molecule has 0 fully saturated rings. The maximum atomic E-state index is 13.0. The van der Waals surface area contributed by atoms with E-state index in [0.717, 1.165) is 12.7 Å². The van der Waals surface area contributed by atoms with Crippen molar-refractivity contribution in [3.63, 3.8) is 0 Å². The highest BCUT2D eigenvalue weighted by Gasteiger charge is 2.31. The van der Waals surface area contributed by atoms with Crippen LogP contribution in [0.15, 0.2) is 72.8 Å². The Morgan fingerprint density at radius 1 is 0.919 bits per heavy atom. The van der Waals surface area contributed by atoms with Crippen molar-refractivity contribution in [2.24, 2.45) is 0 Å². The van der Waals surface area contributed by atoms with Gasteiger partial charge in [0.2, 0.25) is 0 Å². The molecule has 1 amide bonds. The zero-order chi connectivity index (χ0) is 27.0. The molecule has 3 aromatic carbocycles. The number of amides is 1. The summed E-state index contributed by atoms with van der Waals surface area (Å²) >= 11 is 0. The first-order valence-corrected chi connectivity index (χ1v) is 11.7. The van der Waals surface area contributed by atoms with Crippen molar-refractivity contribution in [3.8, 4) is 22.6 Å². The number of halogens is 3. The molecule has 0 aliphatic carbocycles. The standard InChI is InChI=1S/C28H28F3NO5/c1-19(2)36-23-15-16-25(24(18-23)21-11-13-22(14-12-21)37-28(29,30)31)32(26(33)27(34)35-3)17-7-10-20-8-5-4-6-9-20/h4-6,8-9,11-16,18-19H,7,10,17H2,1-3H3. The number of methoxy groups -OCH3 is 1. The first-order valence-electron chi connectivity index (χ1n) is 11.7. The van der Waals surface area contributed by atoms with Crippen LogP contribution in [-0.4, -0.2) is 38.0 Å². The van der Waals surface area contributed by atoms with Gasteiger partial charge in [-0.3, -0.25) is 4.79 Å². The molecule has 0 atom stereocenters. The van der Waals surface area contributed by atoms with Gasteiger partial charge in [-0.25, -0.2) is 4.79 Å². The quantitative estimate of drug-likeness (QED) is 0.252. The third kappa shape index (κ3) is 7.99. The predicted octanol–water partition coefficient (Wildman–Crippen LogP) is 6.18. The molecule has 0 bridgehead atoms. The number of benzene rings is 3. The molecule has 196 valence electrons. The lowest BCUT2D eigenvalue weighted by atomic mass is 10.0. The van der Waals surface area contributed by atoms with E-state index in [2.05, 4.69) is 9.47 Å². The molecule has 0 aliphatic heterocycles. The molecule has 0 heterocycles. The number of rotatable bonds is 9. The molecule has 0 spiro atoms. The van der Waals surface area contributed by atoms with Crippen LogP contribution in [0, 0.1) is 0 Å². The van der Waals surface area contributed by atoms with E-state index >= 15 is 0 Å². The van der Waals surface area contributed by atoms with Crippen molar-refractivity contribution in [1.29, 1.82) is 0 Å². The number of aryl methyl sites for hydroxylation is 1. The molecular weight excluding hydrogens is 487 g/mol. The summed E-state index contributed by atoms with van der Waals surface area (Å²) in [4.78, 5) is 26.6. The van der Waals surface area contributed by atoms with Crippen molar-refractivity contribution in [3.05, 3.63) is 78.4 Å². The fourth-order valence-electron chi connectivity index (χ4n) is 3.78. The normalized spacial score (nSPS) is 11.2. The van der Waals surface area contributed by atoms with E-state index in [0.29, 0.717) is 35.4 Å². The van der Waals surface area contributed by atoms with Gasteiger partial charge >= 0.3 is 18.2 Å². The van der Waals surface area contributed by atoms with E-state index in [1.165, 1.54) is 29.2 Å². The Bertz CT molecular complexity index is 1190. The highest BCUT2D eigenvalue weighted by molar-refractivity contribution is 6.38. The molecule has 0 radical (unpaired) electrons. The van der Waals surface area contributed by atoms with Gasteiger partial charge in [0, 0.05) is 12.1 Å². The predicted molar refractivity (Wildman–Crippen MR) is 133 cm³/mol. The van der Waals surface area contributed by atoms with Crippen LogP contribution in [0.5, 0.6) is 11.5 Å². The van der Waals surface area contributed by atoms with Gasteiger partial charge in [0.1, 0.15) is 11.5 Å².